The van der Waals surface area contributed by atoms with Crippen molar-refractivity contribution >= 4 is 17.0 Å². The number of hydrogen-bond acceptors (Lipinski definition) is 5. The zero-order valence-corrected chi connectivity index (χ0v) is 14.6. The van der Waals surface area contributed by atoms with Gasteiger partial charge in [0, 0.05) is 32.2 Å². The van der Waals surface area contributed by atoms with Crippen molar-refractivity contribution in [3.63, 3.8) is 0 Å². The molecular weight excluding hydrogens is 318 g/mol. The Labute approximate surface area is 147 Å². The number of benzene rings is 1. The van der Waals surface area contributed by atoms with Gasteiger partial charge in [-0.05, 0) is 49.3 Å². The monoisotopic (exact) mass is 343 g/mol. The topological polar surface area (TPSA) is 83.3 Å². The fourth-order valence-corrected chi connectivity index (χ4v) is 3.66. The van der Waals surface area contributed by atoms with Gasteiger partial charge in [0.05, 0.1) is 12.1 Å². The number of aryl methyl sites for hydroxylation is 1. The van der Waals surface area contributed by atoms with E-state index in [1.165, 1.54) is 18.4 Å². The summed E-state index contributed by atoms with van der Waals surface area (Å²) in [5, 5.41) is 20.9. The molecule has 2 aromatic rings. The average Bonchev–Trinajstić information content (AvgIpc) is 3.27. The molecule has 25 heavy (non-hydrogen) atoms. The first kappa shape index (κ1) is 16.5. The van der Waals surface area contributed by atoms with E-state index < -0.39 is 5.97 Å². The highest BCUT2D eigenvalue weighted by Gasteiger charge is 2.36. The van der Waals surface area contributed by atoms with E-state index in [1.54, 1.807) is 4.68 Å². The zero-order valence-electron chi connectivity index (χ0n) is 14.6. The number of aromatic nitrogens is 3. The molecule has 134 valence electrons. The van der Waals surface area contributed by atoms with Crippen LogP contribution in [-0.2, 0) is 18.4 Å². The van der Waals surface area contributed by atoms with Gasteiger partial charge in [0.2, 0.25) is 0 Å². The van der Waals surface area contributed by atoms with Gasteiger partial charge < -0.3 is 10.4 Å². The molecule has 2 aliphatic carbocycles. The molecule has 0 unspecified atom stereocenters. The largest absolute Gasteiger partial charge is 0.480 e. The van der Waals surface area contributed by atoms with Crippen LogP contribution in [0.5, 0.6) is 0 Å². The van der Waals surface area contributed by atoms with Crippen LogP contribution in [-0.4, -0.2) is 56.1 Å². The van der Waals surface area contributed by atoms with Crippen molar-refractivity contribution in [1.29, 1.82) is 0 Å². The molecule has 0 bridgehead atoms. The lowest BCUT2D eigenvalue weighted by molar-refractivity contribution is -0.139. The van der Waals surface area contributed by atoms with E-state index in [2.05, 4.69) is 38.7 Å². The van der Waals surface area contributed by atoms with Gasteiger partial charge in [-0.1, -0.05) is 11.3 Å². The molecule has 2 aliphatic rings. The van der Waals surface area contributed by atoms with E-state index in [-0.39, 0.29) is 6.54 Å². The molecule has 1 aromatic carbocycles. The molecule has 0 spiro atoms. The summed E-state index contributed by atoms with van der Waals surface area (Å²) in [5.74, 6) is 0.0133. The van der Waals surface area contributed by atoms with Crippen LogP contribution < -0.4 is 5.32 Å². The van der Waals surface area contributed by atoms with Gasteiger partial charge in [-0.15, -0.1) is 5.10 Å². The number of hydrogen-bond donors (Lipinski definition) is 2. The predicted octanol–water partition coefficient (Wildman–Crippen LogP) is 1.39. The Hall–Kier alpha value is -1.99. The fourth-order valence-electron chi connectivity index (χ4n) is 3.66. The minimum absolute atomic E-state index is 0.178. The molecule has 2 N–H and O–H groups in total. The van der Waals surface area contributed by atoms with Gasteiger partial charge in [-0.2, -0.15) is 0 Å². The molecule has 2 saturated carbocycles. The molecule has 7 nitrogen and oxygen atoms in total. The second kappa shape index (κ2) is 6.72. The van der Waals surface area contributed by atoms with Crippen LogP contribution in [0.15, 0.2) is 18.2 Å². The van der Waals surface area contributed by atoms with Crippen molar-refractivity contribution < 1.29 is 9.90 Å². The Kier molecular flexibility index (Phi) is 4.43. The van der Waals surface area contributed by atoms with E-state index in [4.69, 9.17) is 5.11 Å². The van der Waals surface area contributed by atoms with Gasteiger partial charge in [-0.3, -0.25) is 9.69 Å². The lowest BCUT2D eigenvalue weighted by Gasteiger charge is -2.43. The van der Waals surface area contributed by atoms with Crippen LogP contribution in [0.25, 0.3) is 11.0 Å². The summed E-state index contributed by atoms with van der Waals surface area (Å²) in [4.78, 5) is 13.3. The molecule has 0 radical (unpaired) electrons. The highest BCUT2D eigenvalue weighted by atomic mass is 16.4. The third kappa shape index (κ3) is 3.82. The van der Waals surface area contributed by atoms with Crippen molar-refractivity contribution in [1.82, 2.24) is 25.2 Å². The average molecular weight is 343 g/mol. The third-order valence-electron chi connectivity index (χ3n) is 5.43. The van der Waals surface area contributed by atoms with Gasteiger partial charge >= 0.3 is 5.97 Å². The SMILES string of the molecule is Cn1nnc2cc(CNC3CC(N(CC(=O)O)CC4CC4)C3)ccc21. The summed E-state index contributed by atoms with van der Waals surface area (Å²) in [6.07, 6.45) is 4.59. The van der Waals surface area contributed by atoms with Crippen LogP contribution in [0.4, 0.5) is 0 Å². The van der Waals surface area contributed by atoms with Crippen molar-refractivity contribution in [2.24, 2.45) is 13.0 Å². The Morgan fingerprint density at radius 3 is 2.92 bits per heavy atom. The van der Waals surface area contributed by atoms with Crippen molar-refractivity contribution in [3.8, 4) is 0 Å². The number of aliphatic carboxylic acids is 1. The van der Waals surface area contributed by atoms with Crippen LogP contribution >= 0.6 is 0 Å². The molecule has 4 rings (SSSR count). The lowest BCUT2D eigenvalue weighted by Crippen LogP contribution is -2.54. The van der Waals surface area contributed by atoms with Gasteiger partial charge in [0.1, 0.15) is 5.52 Å². The minimum Gasteiger partial charge on any atom is -0.480 e. The molecule has 0 amide bonds. The third-order valence-corrected chi connectivity index (χ3v) is 5.43. The first-order valence-corrected chi connectivity index (χ1v) is 9.06. The number of nitrogens with one attached hydrogen (secondary N) is 1. The van der Waals surface area contributed by atoms with Gasteiger partial charge in [-0.25, -0.2) is 4.68 Å². The number of carboxylic acids is 1. The first-order valence-electron chi connectivity index (χ1n) is 9.06. The number of carboxylic acid groups (broad SMARTS) is 1. The van der Waals surface area contributed by atoms with Crippen LogP contribution in [0.2, 0.25) is 0 Å². The van der Waals surface area contributed by atoms with Crippen molar-refractivity contribution in [2.45, 2.75) is 44.3 Å². The minimum atomic E-state index is -0.714. The zero-order chi connectivity index (χ0) is 17.4. The summed E-state index contributed by atoms with van der Waals surface area (Å²) >= 11 is 0. The molecule has 2 fully saturated rings. The van der Waals surface area contributed by atoms with E-state index in [0.717, 1.165) is 42.9 Å². The predicted molar refractivity (Wildman–Crippen MR) is 94.1 cm³/mol. The fraction of sp³-hybridized carbons (Fsp3) is 0.611. The summed E-state index contributed by atoms with van der Waals surface area (Å²) in [6, 6.07) is 7.13. The quantitative estimate of drug-likeness (QED) is 0.754. The van der Waals surface area contributed by atoms with E-state index in [0.29, 0.717) is 12.1 Å². The van der Waals surface area contributed by atoms with E-state index in [1.807, 2.05) is 7.05 Å². The summed E-state index contributed by atoms with van der Waals surface area (Å²) in [5.41, 5.74) is 3.17. The molecule has 0 atom stereocenters. The maximum absolute atomic E-state index is 11.1. The van der Waals surface area contributed by atoms with Crippen LogP contribution in [0.1, 0.15) is 31.2 Å². The van der Waals surface area contributed by atoms with Crippen molar-refractivity contribution in [2.75, 3.05) is 13.1 Å². The highest BCUT2D eigenvalue weighted by Crippen LogP contribution is 2.33. The maximum atomic E-state index is 11.1. The van der Waals surface area contributed by atoms with E-state index >= 15 is 0 Å². The summed E-state index contributed by atoms with van der Waals surface area (Å²) in [6.45, 7) is 1.94. The second-order valence-corrected chi connectivity index (χ2v) is 7.51. The van der Waals surface area contributed by atoms with Crippen LogP contribution in [0, 0.1) is 5.92 Å². The Bertz CT molecular complexity index is 764. The van der Waals surface area contributed by atoms with E-state index in [9.17, 15) is 4.79 Å². The standard InChI is InChI=1S/C18H25N5O2/c1-22-17-5-4-13(6-16(17)20-21-22)9-19-14-7-15(8-14)23(11-18(24)25)10-12-2-3-12/h4-6,12,14-15,19H,2-3,7-11H2,1H3,(H,24,25). The van der Waals surface area contributed by atoms with Gasteiger partial charge in [0.15, 0.2) is 0 Å². The number of nitrogens with zero attached hydrogens (tertiary/aromatic N) is 4. The van der Waals surface area contributed by atoms with Crippen molar-refractivity contribution in [3.05, 3.63) is 23.8 Å². The Morgan fingerprint density at radius 1 is 1.40 bits per heavy atom. The van der Waals surface area contributed by atoms with Crippen LogP contribution in [0.3, 0.4) is 0 Å². The summed E-state index contributed by atoms with van der Waals surface area (Å²) < 4.78 is 1.78. The lowest BCUT2D eigenvalue weighted by atomic mass is 9.85. The Morgan fingerprint density at radius 2 is 2.20 bits per heavy atom. The Balaban J connectivity index is 1.27. The number of carbonyl (C=O) groups is 1. The normalized spacial score (nSPS) is 23.1. The highest BCUT2D eigenvalue weighted by molar-refractivity contribution is 5.74. The van der Waals surface area contributed by atoms with Gasteiger partial charge in [0.25, 0.3) is 0 Å². The maximum Gasteiger partial charge on any atom is 0.317 e. The molecule has 0 saturated heterocycles. The number of rotatable bonds is 8. The molecule has 1 heterocycles. The molecular formula is C18H25N5O2. The molecule has 1 aromatic heterocycles. The summed E-state index contributed by atoms with van der Waals surface area (Å²) in [7, 11) is 1.90. The second-order valence-electron chi connectivity index (χ2n) is 7.51. The first-order chi connectivity index (χ1) is 12.1. The number of fused-ring (bicyclic) bond motifs is 1. The smallest absolute Gasteiger partial charge is 0.317 e. The molecule has 7 heteroatoms. The molecule has 0 aliphatic heterocycles.